The van der Waals surface area contributed by atoms with Crippen LogP contribution in [0.15, 0.2) is 16.7 Å². The van der Waals surface area contributed by atoms with Gasteiger partial charge < -0.3 is 10.7 Å². The first-order valence-corrected chi connectivity index (χ1v) is 2.68. The Balaban J connectivity index is 0.000000490. The first kappa shape index (κ1) is 7.85. The van der Waals surface area contributed by atoms with Crippen LogP contribution in [0.1, 0.15) is 0 Å². The summed E-state index contributed by atoms with van der Waals surface area (Å²) in [6.07, 6.45) is 0. The second-order valence-electron chi connectivity index (χ2n) is 1.26. The number of anilines is 1. The highest BCUT2D eigenvalue weighted by Gasteiger charge is 1.84. The molecule has 0 aliphatic rings. The maximum atomic E-state index is 5.29. The van der Waals surface area contributed by atoms with Crippen molar-refractivity contribution in [1.29, 1.82) is 0 Å². The summed E-state index contributed by atoms with van der Waals surface area (Å²) in [4.78, 5) is 2.83. The number of hydrogen-bond acceptors (Lipinski definition) is 1. The standard InChI is InChI=1S/C4H5BrN2.ClH/c5-3-1-2-4(6)7-3;/h1-2,7H,6H2;1H. The second-order valence-corrected chi connectivity index (χ2v) is 2.12. The van der Waals surface area contributed by atoms with Crippen molar-refractivity contribution in [3.05, 3.63) is 16.7 Å². The molecule has 8 heavy (non-hydrogen) atoms. The molecule has 0 aromatic carbocycles. The summed E-state index contributed by atoms with van der Waals surface area (Å²) in [6, 6.07) is 3.65. The Morgan fingerprint density at radius 2 is 2.12 bits per heavy atom. The molecule has 3 N–H and O–H groups in total. The van der Waals surface area contributed by atoms with E-state index >= 15 is 0 Å². The van der Waals surface area contributed by atoms with Gasteiger partial charge in [-0.25, -0.2) is 0 Å². The summed E-state index contributed by atoms with van der Waals surface area (Å²) < 4.78 is 0.921. The van der Waals surface area contributed by atoms with Crippen LogP contribution in [-0.2, 0) is 0 Å². The smallest absolute Gasteiger partial charge is 0.101 e. The van der Waals surface area contributed by atoms with Crippen LogP contribution >= 0.6 is 28.3 Å². The van der Waals surface area contributed by atoms with E-state index in [1.165, 1.54) is 0 Å². The lowest BCUT2D eigenvalue weighted by Crippen LogP contribution is -1.80. The van der Waals surface area contributed by atoms with Crippen LogP contribution in [0, 0.1) is 0 Å². The van der Waals surface area contributed by atoms with E-state index in [0.717, 1.165) is 4.60 Å². The topological polar surface area (TPSA) is 41.8 Å². The van der Waals surface area contributed by atoms with E-state index < -0.39 is 0 Å². The molecule has 1 aromatic heterocycles. The van der Waals surface area contributed by atoms with Crippen LogP contribution in [0.25, 0.3) is 0 Å². The molecule has 0 fully saturated rings. The zero-order valence-electron chi connectivity index (χ0n) is 4.02. The van der Waals surface area contributed by atoms with Crippen LogP contribution in [0.5, 0.6) is 0 Å². The minimum absolute atomic E-state index is 0. The fraction of sp³-hybridized carbons (Fsp3) is 0. The highest BCUT2D eigenvalue weighted by molar-refractivity contribution is 9.10. The number of nitrogen functional groups attached to an aromatic ring is 1. The fourth-order valence-electron chi connectivity index (χ4n) is 0.384. The second kappa shape index (κ2) is 2.99. The van der Waals surface area contributed by atoms with Crippen LogP contribution in [0.4, 0.5) is 5.82 Å². The number of hydrogen-bond donors (Lipinski definition) is 2. The first-order chi connectivity index (χ1) is 3.29. The normalized spacial score (nSPS) is 8.12. The van der Waals surface area contributed by atoms with Gasteiger partial charge in [-0.2, -0.15) is 0 Å². The van der Waals surface area contributed by atoms with E-state index in [2.05, 4.69) is 20.9 Å². The van der Waals surface area contributed by atoms with Gasteiger partial charge in [0.1, 0.15) is 5.82 Å². The molecule has 0 unspecified atom stereocenters. The molecule has 0 spiro atoms. The largest absolute Gasteiger partial charge is 0.385 e. The Morgan fingerprint density at radius 3 is 2.25 bits per heavy atom. The molecule has 0 atom stereocenters. The zero-order chi connectivity index (χ0) is 5.28. The number of nitrogens with one attached hydrogen (secondary N) is 1. The Kier molecular flexibility index (Phi) is 2.94. The van der Waals surface area contributed by atoms with Gasteiger partial charge in [0.2, 0.25) is 0 Å². The van der Waals surface area contributed by atoms with Crippen LogP contribution in [0.3, 0.4) is 0 Å². The third-order valence-corrected chi connectivity index (χ3v) is 1.14. The van der Waals surface area contributed by atoms with Crippen LogP contribution in [-0.4, -0.2) is 4.98 Å². The molecular weight excluding hydrogens is 191 g/mol. The summed E-state index contributed by atoms with van der Waals surface area (Å²) in [5.41, 5.74) is 5.29. The van der Waals surface area contributed by atoms with Crippen molar-refractivity contribution in [2.24, 2.45) is 0 Å². The SMILES string of the molecule is Cl.Nc1ccc(Br)[nH]1. The lowest BCUT2D eigenvalue weighted by Gasteiger charge is -1.76. The number of nitrogens with two attached hydrogens (primary N) is 1. The molecule has 1 rings (SSSR count). The molecule has 1 aromatic rings. The molecule has 4 heteroatoms. The Bertz CT molecular complexity index is 146. The average Bonchev–Trinajstić information content (AvgIpc) is 1.87. The molecule has 2 nitrogen and oxygen atoms in total. The van der Waals surface area contributed by atoms with E-state index in [4.69, 9.17) is 5.73 Å². The van der Waals surface area contributed by atoms with Crippen molar-refractivity contribution < 1.29 is 0 Å². The Morgan fingerprint density at radius 1 is 1.50 bits per heavy atom. The predicted octanol–water partition coefficient (Wildman–Crippen LogP) is 1.78. The quantitative estimate of drug-likeness (QED) is 0.654. The van der Waals surface area contributed by atoms with Crippen molar-refractivity contribution >= 4 is 34.2 Å². The maximum absolute atomic E-state index is 5.29. The number of H-pyrrole nitrogens is 1. The summed E-state index contributed by atoms with van der Waals surface area (Å²) in [5, 5.41) is 0. The van der Waals surface area contributed by atoms with Gasteiger partial charge in [-0.05, 0) is 28.1 Å². The maximum Gasteiger partial charge on any atom is 0.101 e. The number of rotatable bonds is 0. The van der Waals surface area contributed by atoms with Crippen molar-refractivity contribution in [3.8, 4) is 0 Å². The van der Waals surface area contributed by atoms with Gasteiger partial charge in [0.25, 0.3) is 0 Å². The summed E-state index contributed by atoms with van der Waals surface area (Å²) in [5.74, 6) is 0.687. The van der Waals surface area contributed by atoms with Crippen LogP contribution in [0.2, 0.25) is 0 Å². The van der Waals surface area contributed by atoms with E-state index in [-0.39, 0.29) is 12.4 Å². The number of halogens is 2. The molecule has 0 aliphatic heterocycles. The van der Waals surface area contributed by atoms with Gasteiger partial charge in [0.05, 0.1) is 4.60 Å². The Hall–Kier alpha value is -0.150. The lowest BCUT2D eigenvalue weighted by atomic mass is 10.6. The molecule has 0 radical (unpaired) electrons. The van der Waals surface area contributed by atoms with E-state index in [1.807, 2.05) is 6.07 Å². The molecule has 0 saturated carbocycles. The molecule has 0 bridgehead atoms. The van der Waals surface area contributed by atoms with Crippen molar-refractivity contribution in [2.45, 2.75) is 0 Å². The number of aromatic nitrogens is 1. The minimum Gasteiger partial charge on any atom is -0.385 e. The lowest BCUT2D eigenvalue weighted by molar-refractivity contribution is 1.37. The molecule has 0 saturated heterocycles. The van der Waals surface area contributed by atoms with Gasteiger partial charge in [-0.15, -0.1) is 12.4 Å². The summed E-state index contributed by atoms with van der Waals surface area (Å²) >= 11 is 3.20. The third-order valence-electron chi connectivity index (χ3n) is 0.673. The molecule has 46 valence electrons. The van der Waals surface area contributed by atoms with E-state index in [1.54, 1.807) is 6.07 Å². The third kappa shape index (κ3) is 1.76. The predicted molar refractivity (Wildman–Crippen MR) is 40.2 cm³/mol. The van der Waals surface area contributed by atoms with E-state index in [9.17, 15) is 0 Å². The summed E-state index contributed by atoms with van der Waals surface area (Å²) in [7, 11) is 0. The average molecular weight is 197 g/mol. The van der Waals surface area contributed by atoms with Gasteiger partial charge in [0, 0.05) is 0 Å². The van der Waals surface area contributed by atoms with Crippen molar-refractivity contribution in [2.75, 3.05) is 5.73 Å². The molecular formula is C4H6BrClN2. The molecule has 0 amide bonds. The Labute approximate surface area is 62.0 Å². The highest BCUT2D eigenvalue weighted by atomic mass is 79.9. The van der Waals surface area contributed by atoms with Gasteiger partial charge >= 0.3 is 0 Å². The van der Waals surface area contributed by atoms with Crippen molar-refractivity contribution in [1.82, 2.24) is 4.98 Å². The monoisotopic (exact) mass is 196 g/mol. The zero-order valence-corrected chi connectivity index (χ0v) is 6.42. The minimum atomic E-state index is 0. The summed E-state index contributed by atoms with van der Waals surface area (Å²) in [6.45, 7) is 0. The first-order valence-electron chi connectivity index (χ1n) is 1.89. The van der Waals surface area contributed by atoms with Crippen LogP contribution < -0.4 is 5.73 Å². The van der Waals surface area contributed by atoms with Gasteiger partial charge in [-0.1, -0.05) is 0 Å². The van der Waals surface area contributed by atoms with Crippen molar-refractivity contribution in [3.63, 3.8) is 0 Å². The van der Waals surface area contributed by atoms with Gasteiger partial charge in [-0.3, -0.25) is 0 Å². The molecule has 0 aliphatic carbocycles. The highest BCUT2D eigenvalue weighted by Crippen LogP contribution is 2.08. The van der Waals surface area contributed by atoms with Gasteiger partial charge in [0.15, 0.2) is 0 Å². The fourth-order valence-corrected chi connectivity index (χ4v) is 0.745. The number of aromatic amines is 1. The molecule has 1 heterocycles. The van der Waals surface area contributed by atoms with E-state index in [0.29, 0.717) is 5.82 Å².